The van der Waals surface area contributed by atoms with Gasteiger partial charge in [-0.25, -0.2) is 0 Å². The number of hydrogen-bond donors (Lipinski definition) is 1. The van der Waals surface area contributed by atoms with Gasteiger partial charge in [0.05, 0.1) is 0 Å². The van der Waals surface area contributed by atoms with E-state index in [-0.39, 0.29) is 5.91 Å². The Morgan fingerprint density at radius 1 is 1.04 bits per heavy atom. The predicted molar refractivity (Wildman–Crippen MR) is 106 cm³/mol. The van der Waals surface area contributed by atoms with Crippen LogP contribution in [0.1, 0.15) is 37.8 Å². The number of benzene rings is 2. The van der Waals surface area contributed by atoms with Gasteiger partial charge in [-0.15, -0.1) is 0 Å². The highest BCUT2D eigenvalue weighted by Crippen LogP contribution is 2.26. The van der Waals surface area contributed by atoms with Crippen LogP contribution in [0.2, 0.25) is 0 Å². The molecule has 1 N–H and O–H groups in total. The van der Waals surface area contributed by atoms with Gasteiger partial charge in [0.25, 0.3) is 5.91 Å². The molecule has 0 aliphatic heterocycles. The number of ether oxygens (including phenoxy) is 1. The van der Waals surface area contributed by atoms with Crippen LogP contribution in [0.15, 0.2) is 54.6 Å². The summed E-state index contributed by atoms with van der Waals surface area (Å²) >= 11 is 1.81. The maximum Gasteiger partial charge on any atom is 0.260 e. The van der Waals surface area contributed by atoms with E-state index >= 15 is 0 Å². The monoisotopic (exact) mass is 357 g/mol. The van der Waals surface area contributed by atoms with Crippen LogP contribution in [0.4, 0.5) is 0 Å². The Bertz CT molecular complexity index is 658. The zero-order chi connectivity index (χ0) is 18.1. The summed E-state index contributed by atoms with van der Waals surface area (Å²) in [5, 5.41) is 2.95. The average molecular weight is 358 g/mol. The predicted octanol–water partition coefficient (Wildman–Crippen LogP) is 4.63. The van der Waals surface area contributed by atoms with Crippen LogP contribution in [0.25, 0.3) is 0 Å². The first-order valence-corrected chi connectivity index (χ1v) is 9.88. The number of para-hydroxylation sites is 1. The van der Waals surface area contributed by atoms with E-state index in [1.54, 1.807) is 6.92 Å². The highest BCUT2D eigenvalue weighted by molar-refractivity contribution is 7.98. The maximum atomic E-state index is 12.2. The molecule has 2 rings (SSSR count). The Labute approximate surface area is 155 Å². The molecule has 0 unspecified atom stereocenters. The summed E-state index contributed by atoms with van der Waals surface area (Å²) in [6.45, 7) is 6.69. The lowest BCUT2D eigenvalue weighted by molar-refractivity contribution is -0.127. The molecular formula is C21H27NO2S. The van der Waals surface area contributed by atoms with Crippen molar-refractivity contribution < 1.29 is 9.53 Å². The van der Waals surface area contributed by atoms with Gasteiger partial charge in [-0.3, -0.25) is 4.79 Å². The quantitative estimate of drug-likeness (QED) is 0.665. The Hall–Kier alpha value is -1.94. The highest BCUT2D eigenvalue weighted by atomic mass is 32.2. The Morgan fingerprint density at radius 2 is 1.72 bits per heavy atom. The first kappa shape index (κ1) is 19.4. The molecule has 0 aliphatic rings. The third kappa shape index (κ3) is 6.46. The highest BCUT2D eigenvalue weighted by Gasteiger charge is 2.16. The average Bonchev–Trinajstić information content (AvgIpc) is 2.62. The largest absolute Gasteiger partial charge is 0.481 e. The van der Waals surface area contributed by atoms with Crippen molar-refractivity contribution in [2.75, 3.05) is 12.3 Å². The molecule has 2 aromatic carbocycles. The number of rotatable bonds is 9. The summed E-state index contributed by atoms with van der Waals surface area (Å²) in [7, 11) is 0. The zero-order valence-corrected chi connectivity index (χ0v) is 16.0. The van der Waals surface area contributed by atoms with E-state index in [9.17, 15) is 4.79 Å². The molecule has 0 fully saturated rings. The number of carbonyl (C=O) groups excluding carboxylic acids is 1. The minimum Gasteiger partial charge on any atom is -0.481 e. The van der Waals surface area contributed by atoms with Crippen LogP contribution >= 0.6 is 11.8 Å². The topological polar surface area (TPSA) is 38.3 Å². The molecule has 1 atom stereocenters. The lowest BCUT2D eigenvalue weighted by Crippen LogP contribution is -2.37. The fourth-order valence-corrected chi connectivity index (χ4v) is 3.28. The van der Waals surface area contributed by atoms with Crippen LogP contribution in [-0.2, 0) is 10.5 Å². The smallest absolute Gasteiger partial charge is 0.260 e. The second-order valence-electron chi connectivity index (χ2n) is 6.28. The molecule has 4 heteroatoms. The summed E-state index contributed by atoms with van der Waals surface area (Å²) in [6.07, 6.45) is -0.501. The summed E-state index contributed by atoms with van der Waals surface area (Å²) < 4.78 is 5.88. The van der Waals surface area contributed by atoms with Crippen LogP contribution in [0.3, 0.4) is 0 Å². The van der Waals surface area contributed by atoms with Crippen molar-refractivity contribution in [2.24, 2.45) is 0 Å². The maximum absolute atomic E-state index is 12.2. The Kier molecular flexibility index (Phi) is 7.86. The van der Waals surface area contributed by atoms with Gasteiger partial charge in [-0.1, -0.05) is 62.4 Å². The second-order valence-corrected chi connectivity index (χ2v) is 7.39. The molecule has 134 valence electrons. The van der Waals surface area contributed by atoms with Crippen LogP contribution < -0.4 is 10.1 Å². The fraction of sp³-hybridized carbons (Fsp3) is 0.381. The molecule has 25 heavy (non-hydrogen) atoms. The molecule has 0 spiro atoms. The number of nitrogens with one attached hydrogen (secondary N) is 1. The lowest BCUT2D eigenvalue weighted by Gasteiger charge is -2.18. The normalized spacial score (nSPS) is 12.0. The molecule has 0 aliphatic carbocycles. The zero-order valence-electron chi connectivity index (χ0n) is 15.2. The van der Waals surface area contributed by atoms with E-state index in [0.717, 1.165) is 22.8 Å². The standard InChI is InChI=1S/C21H27NO2S/c1-16(2)19-11-7-8-12-20(19)24-17(3)21(23)22-13-14-25-15-18-9-5-4-6-10-18/h4-12,16-17H,13-15H2,1-3H3,(H,22,23)/t17-/m1/s1. The molecule has 3 nitrogen and oxygen atoms in total. The van der Waals surface area contributed by atoms with Crippen molar-refractivity contribution in [3.05, 3.63) is 65.7 Å². The third-order valence-electron chi connectivity index (χ3n) is 3.87. The van der Waals surface area contributed by atoms with Crippen molar-refractivity contribution in [3.63, 3.8) is 0 Å². The number of carbonyl (C=O) groups is 1. The van der Waals surface area contributed by atoms with Crippen molar-refractivity contribution >= 4 is 17.7 Å². The van der Waals surface area contributed by atoms with Crippen molar-refractivity contribution in [1.82, 2.24) is 5.32 Å². The van der Waals surface area contributed by atoms with Crippen LogP contribution in [0, 0.1) is 0 Å². The molecule has 2 aromatic rings. The molecular weight excluding hydrogens is 330 g/mol. The SMILES string of the molecule is CC(C)c1ccccc1O[C@H](C)C(=O)NCCSCc1ccccc1. The lowest BCUT2D eigenvalue weighted by atomic mass is 10.0. The summed E-state index contributed by atoms with van der Waals surface area (Å²) in [6, 6.07) is 18.3. The van der Waals surface area contributed by atoms with Gasteiger partial charge in [0.1, 0.15) is 5.75 Å². The van der Waals surface area contributed by atoms with Gasteiger partial charge in [0.15, 0.2) is 6.10 Å². The van der Waals surface area contributed by atoms with E-state index in [2.05, 4.69) is 31.3 Å². The molecule has 0 heterocycles. The third-order valence-corrected chi connectivity index (χ3v) is 4.90. The van der Waals surface area contributed by atoms with Gasteiger partial charge in [0.2, 0.25) is 0 Å². The van der Waals surface area contributed by atoms with E-state index in [1.165, 1.54) is 5.56 Å². The first-order valence-electron chi connectivity index (χ1n) is 8.73. The van der Waals surface area contributed by atoms with Crippen molar-refractivity contribution in [1.29, 1.82) is 0 Å². The summed E-state index contributed by atoms with van der Waals surface area (Å²) in [5.41, 5.74) is 2.43. The fourth-order valence-electron chi connectivity index (χ4n) is 2.46. The first-order chi connectivity index (χ1) is 12.1. The summed E-state index contributed by atoms with van der Waals surface area (Å²) in [4.78, 5) is 12.2. The molecule has 0 aromatic heterocycles. The number of hydrogen-bond acceptors (Lipinski definition) is 3. The van der Waals surface area contributed by atoms with Crippen LogP contribution in [-0.4, -0.2) is 24.3 Å². The van der Waals surface area contributed by atoms with Gasteiger partial charge in [0, 0.05) is 18.1 Å². The second kappa shape index (κ2) is 10.1. The van der Waals surface area contributed by atoms with Gasteiger partial charge in [-0.2, -0.15) is 11.8 Å². The number of thioether (sulfide) groups is 1. The molecule has 0 saturated carbocycles. The van der Waals surface area contributed by atoms with Gasteiger partial charge < -0.3 is 10.1 Å². The molecule has 0 bridgehead atoms. The minimum atomic E-state index is -0.501. The minimum absolute atomic E-state index is 0.0705. The van der Waals surface area contributed by atoms with E-state index in [4.69, 9.17) is 4.74 Å². The van der Waals surface area contributed by atoms with Gasteiger partial charge >= 0.3 is 0 Å². The number of amides is 1. The Balaban J connectivity index is 1.72. The van der Waals surface area contributed by atoms with Crippen molar-refractivity contribution in [2.45, 2.75) is 38.5 Å². The van der Waals surface area contributed by atoms with E-state index in [0.29, 0.717) is 12.5 Å². The van der Waals surface area contributed by atoms with Crippen molar-refractivity contribution in [3.8, 4) is 5.75 Å². The molecule has 0 saturated heterocycles. The van der Waals surface area contributed by atoms with Gasteiger partial charge in [-0.05, 0) is 30.0 Å². The molecule has 0 radical (unpaired) electrons. The Morgan fingerprint density at radius 3 is 2.44 bits per heavy atom. The van der Waals surface area contributed by atoms with E-state index < -0.39 is 6.10 Å². The molecule has 1 amide bonds. The summed E-state index contributed by atoms with van der Waals surface area (Å²) in [5.74, 6) is 2.93. The van der Waals surface area contributed by atoms with Crippen LogP contribution in [0.5, 0.6) is 5.75 Å². The van der Waals surface area contributed by atoms with E-state index in [1.807, 2.05) is 54.2 Å².